The molecular weight excluding hydrogens is 486 g/mol. The van der Waals surface area contributed by atoms with Crippen LogP contribution in [0, 0.1) is 0 Å². The maximum absolute atomic E-state index is 12.9. The number of hydrogen-bond donors (Lipinski definition) is 2. The van der Waals surface area contributed by atoms with Gasteiger partial charge in [0, 0.05) is 16.6 Å². The molecule has 0 aliphatic carbocycles. The Labute approximate surface area is 211 Å². The Morgan fingerprint density at radius 3 is 2.17 bits per heavy atom. The zero-order valence-corrected chi connectivity index (χ0v) is 21.4. The fourth-order valence-corrected chi connectivity index (χ4v) is 4.34. The number of halogens is 1. The average molecular weight is 514 g/mol. The molecule has 3 aromatic rings. The Balaban J connectivity index is 1.79. The second-order valence-electron chi connectivity index (χ2n) is 8.23. The normalized spacial score (nSPS) is 12.0. The van der Waals surface area contributed by atoms with Crippen LogP contribution in [-0.2, 0) is 16.6 Å². The second kappa shape index (κ2) is 11.4. The van der Waals surface area contributed by atoms with Gasteiger partial charge in [-0.05, 0) is 67.4 Å². The van der Waals surface area contributed by atoms with E-state index < -0.39 is 15.9 Å². The summed E-state index contributed by atoms with van der Waals surface area (Å²) < 4.78 is 26.1. The molecule has 184 valence electrons. The van der Waals surface area contributed by atoms with Crippen LogP contribution >= 0.6 is 11.6 Å². The van der Waals surface area contributed by atoms with Crippen LogP contribution in [0.3, 0.4) is 0 Å². The molecule has 3 aromatic carbocycles. The van der Waals surface area contributed by atoms with Crippen molar-refractivity contribution in [2.45, 2.75) is 32.9 Å². The summed E-state index contributed by atoms with van der Waals surface area (Å²) in [4.78, 5) is 25.5. The van der Waals surface area contributed by atoms with Gasteiger partial charge in [0.25, 0.3) is 11.8 Å². The van der Waals surface area contributed by atoms with Gasteiger partial charge in [-0.2, -0.15) is 0 Å². The Kier molecular flexibility index (Phi) is 8.53. The molecule has 0 radical (unpaired) electrons. The molecule has 0 heterocycles. The number of rotatable bonds is 9. The van der Waals surface area contributed by atoms with Crippen LogP contribution in [0.1, 0.15) is 46.5 Å². The number of anilines is 2. The van der Waals surface area contributed by atoms with Crippen LogP contribution in [0.5, 0.6) is 0 Å². The molecule has 0 aliphatic rings. The van der Waals surface area contributed by atoms with Gasteiger partial charge < -0.3 is 10.6 Å². The molecule has 0 saturated carbocycles. The number of para-hydroxylation sites is 1. The van der Waals surface area contributed by atoms with E-state index in [9.17, 15) is 18.0 Å². The highest BCUT2D eigenvalue weighted by molar-refractivity contribution is 7.92. The molecule has 0 unspecified atom stereocenters. The van der Waals surface area contributed by atoms with Crippen LogP contribution in [0.2, 0.25) is 5.02 Å². The number of carbonyl (C=O) groups is 2. The van der Waals surface area contributed by atoms with Crippen LogP contribution in [0.25, 0.3) is 0 Å². The predicted molar refractivity (Wildman–Crippen MR) is 141 cm³/mol. The number of nitrogens with one attached hydrogen (secondary N) is 2. The van der Waals surface area contributed by atoms with Crippen molar-refractivity contribution in [3.05, 3.63) is 94.5 Å². The van der Waals surface area contributed by atoms with Crippen LogP contribution in [0.15, 0.2) is 72.8 Å². The van der Waals surface area contributed by atoms with Crippen LogP contribution in [-0.4, -0.2) is 32.5 Å². The highest BCUT2D eigenvalue weighted by Crippen LogP contribution is 2.23. The Hall–Kier alpha value is -3.36. The first-order valence-corrected chi connectivity index (χ1v) is 13.3. The summed E-state index contributed by atoms with van der Waals surface area (Å²) in [5.74, 6) is -0.680. The lowest BCUT2D eigenvalue weighted by Crippen LogP contribution is -2.32. The van der Waals surface area contributed by atoms with Gasteiger partial charge >= 0.3 is 0 Å². The lowest BCUT2D eigenvalue weighted by molar-refractivity contribution is 0.0940. The zero-order valence-electron chi connectivity index (χ0n) is 19.8. The van der Waals surface area contributed by atoms with E-state index in [1.54, 1.807) is 72.8 Å². The van der Waals surface area contributed by atoms with Crippen molar-refractivity contribution in [1.29, 1.82) is 0 Å². The van der Waals surface area contributed by atoms with Crippen molar-refractivity contribution in [3.63, 3.8) is 0 Å². The molecule has 2 amide bonds. The minimum Gasteiger partial charge on any atom is -0.350 e. The summed E-state index contributed by atoms with van der Waals surface area (Å²) in [6, 6.07) is 20.0. The number of carbonyl (C=O) groups excluding carboxylic acids is 2. The zero-order chi connectivity index (χ0) is 25.6. The highest BCUT2D eigenvalue weighted by Gasteiger charge is 2.19. The summed E-state index contributed by atoms with van der Waals surface area (Å²) in [6.45, 7) is 4.01. The van der Waals surface area contributed by atoms with Crippen molar-refractivity contribution in [3.8, 4) is 0 Å². The molecule has 2 N–H and O–H groups in total. The first-order valence-electron chi connectivity index (χ1n) is 11.1. The van der Waals surface area contributed by atoms with E-state index in [-0.39, 0.29) is 18.5 Å². The third-order valence-corrected chi connectivity index (χ3v) is 6.86. The van der Waals surface area contributed by atoms with Gasteiger partial charge in [0.15, 0.2) is 0 Å². The molecule has 0 bridgehead atoms. The summed E-state index contributed by atoms with van der Waals surface area (Å²) in [6.07, 6.45) is 1.92. The molecule has 0 aromatic heterocycles. The largest absolute Gasteiger partial charge is 0.350 e. The molecule has 0 fully saturated rings. The molecule has 0 spiro atoms. The highest BCUT2D eigenvalue weighted by atomic mass is 35.5. The SMILES string of the molecule is CC[C@H](C)NC(=O)c1ccccc1NC(=O)c1ccc(N(Cc2ccc(Cl)cc2)S(C)(=O)=O)cc1. The van der Waals surface area contributed by atoms with Crippen molar-refractivity contribution in [2.24, 2.45) is 0 Å². The van der Waals surface area contributed by atoms with Gasteiger partial charge in [-0.1, -0.05) is 42.8 Å². The van der Waals surface area contributed by atoms with Crippen LogP contribution in [0.4, 0.5) is 11.4 Å². The maximum Gasteiger partial charge on any atom is 0.255 e. The van der Waals surface area contributed by atoms with E-state index in [0.29, 0.717) is 27.5 Å². The monoisotopic (exact) mass is 513 g/mol. The molecule has 0 saturated heterocycles. The Morgan fingerprint density at radius 2 is 1.57 bits per heavy atom. The average Bonchev–Trinajstić information content (AvgIpc) is 2.83. The van der Waals surface area contributed by atoms with Gasteiger partial charge in [0.2, 0.25) is 10.0 Å². The van der Waals surface area contributed by atoms with Crippen molar-refractivity contribution < 1.29 is 18.0 Å². The van der Waals surface area contributed by atoms with E-state index in [1.165, 1.54) is 4.31 Å². The topological polar surface area (TPSA) is 95.6 Å². The van der Waals surface area contributed by atoms with E-state index >= 15 is 0 Å². The van der Waals surface area contributed by atoms with E-state index in [4.69, 9.17) is 11.6 Å². The van der Waals surface area contributed by atoms with Crippen molar-refractivity contribution in [1.82, 2.24) is 5.32 Å². The molecule has 0 aliphatic heterocycles. The fraction of sp³-hybridized carbons (Fsp3) is 0.231. The van der Waals surface area contributed by atoms with Gasteiger partial charge in [0.1, 0.15) is 0 Å². The summed E-state index contributed by atoms with van der Waals surface area (Å²) in [5, 5.41) is 6.24. The van der Waals surface area contributed by atoms with Gasteiger partial charge in [0.05, 0.1) is 29.7 Å². The van der Waals surface area contributed by atoms with Gasteiger partial charge in [-0.25, -0.2) is 8.42 Å². The number of hydrogen-bond acceptors (Lipinski definition) is 4. The maximum atomic E-state index is 12.9. The Morgan fingerprint density at radius 1 is 0.943 bits per heavy atom. The van der Waals surface area contributed by atoms with Gasteiger partial charge in [-0.3, -0.25) is 13.9 Å². The number of nitrogens with zero attached hydrogens (tertiary/aromatic N) is 1. The summed E-state index contributed by atoms with van der Waals surface area (Å²) in [7, 11) is -3.58. The molecule has 3 rings (SSSR count). The third-order valence-electron chi connectivity index (χ3n) is 5.47. The molecular formula is C26H28ClN3O4S. The number of benzene rings is 3. The van der Waals surface area contributed by atoms with E-state index in [2.05, 4.69) is 10.6 Å². The molecule has 1 atom stereocenters. The lowest BCUT2D eigenvalue weighted by Gasteiger charge is -2.23. The smallest absolute Gasteiger partial charge is 0.255 e. The second-order valence-corrected chi connectivity index (χ2v) is 10.6. The fourth-order valence-electron chi connectivity index (χ4n) is 3.32. The molecule has 7 nitrogen and oxygen atoms in total. The van der Waals surface area contributed by atoms with E-state index in [0.717, 1.165) is 18.2 Å². The number of amides is 2. The summed E-state index contributed by atoms with van der Waals surface area (Å²) in [5.41, 5.74) is 2.28. The third kappa shape index (κ3) is 7.07. The Bertz CT molecular complexity index is 1290. The molecule has 9 heteroatoms. The standard InChI is InChI=1S/C26H28ClN3O4S/c1-4-18(2)28-26(32)23-7-5-6-8-24(23)29-25(31)20-11-15-22(16-12-20)30(35(3,33)34)17-19-9-13-21(27)14-10-19/h5-16,18H,4,17H2,1-3H3,(H,28,32)(H,29,31)/t18-/m0/s1. The number of sulfonamides is 1. The van der Waals surface area contributed by atoms with Gasteiger partial charge in [-0.15, -0.1) is 0 Å². The lowest BCUT2D eigenvalue weighted by atomic mass is 10.1. The van der Waals surface area contributed by atoms with E-state index in [1.807, 2.05) is 13.8 Å². The first kappa shape index (κ1) is 26.2. The minimum atomic E-state index is -3.58. The first-order chi connectivity index (χ1) is 16.6. The molecule has 35 heavy (non-hydrogen) atoms. The quantitative estimate of drug-likeness (QED) is 0.416. The minimum absolute atomic E-state index is 0.00413. The van der Waals surface area contributed by atoms with Crippen molar-refractivity contribution >= 4 is 44.8 Å². The summed E-state index contributed by atoms with van der Waals surface area (Å²) >= 11 is 5.92. The van der Waals surface area contributed by atoms with Crippen molar-refractivity contribution in [2.75, 3.05) is 15.9 Å². The predicted octanol–water partition coefficient (Wildman–Crippen LogP) is 5.09. The van der Waals surface area contributed by atoms with Crippen LogP contribution < -0.4 is 14.9 Å².